The minimum Gasteiger partial charge on any atom is -0.496 e. The van der Waals surface area contributed by atoms with E-state index in [2.05, 4.69) is 4.98 Å². The number of aromatic nitrogens is 2. The standard InChI is InChI=1S/C14H11ClN2O/c1-18-13-5-3-2-4-11(13)12-9-17-7-6-10(15)8-14(17)16-12/h2-9H,1H3. The number of nitrogens with zero attached hydrogens (tertiary/aromatic N) is 2. The lowest BCUT2D eigenvalue weighted by Gasteiger charge is -2.04. The van der Waals surface area contributed by atoms with Crippen molar-refractivity contribution in [2.75, 3.05) is 7.11 Å². The highest BCUT2D eigenvalue weighted by Crippen LogP contribution is 2.29. The van der Waals surface area contributed by atoms with Crippen LogP contribution in [0.1, 0.15) is 0 Å². The lowest BCUT2D eigenvalue weighted by atomic mass is 10.1. The molecular formula is C14H11ClN2O. The molecule has 0 fully saturated rings. The van der Waals surface area contributed by atoms with Crippen LogP contribution < -0.4 is 4.74 Å². The first-order valence-corrected chi connectivity index (χ1v) is 5.93. The number of halogens is 1. The molecule has 0 aliphatic rings. The number of fused-ring (bicyclic) bond motifs is 1. The van der Waals surface area contributed by atoms with Gasteiger partial charge in [0.05, 0.1) is 12.8 Å². The van der Waals surface area contributed by atoms with E-state index in [4.69, 9.17) is 16.3 Å². The maximum atomic E-state index is 5.95. The molecule has 0 aliphatic heterocycles. The lowest BCUT2D eigenvalue weighted by Crippen LogP contribution is -1.86. The van der Waals surface area contributed by atoms with E-state index in [-0.39, 0.29) is 0 Å². The lowest BCUT2D eigenvalue weighted by molar-refractivity contribution is 0.416. The molecule has 90 valence electrons. The quantitative estimate of drug-likeness (QED) is 0.701. The molecular weight excluding hydrogens is 248 g/mol. The van der Waals surface area contributed by atoms with Gasteiger partial charge in [-0.15, -0.1) is 0 Å². The summed E-state index contributed by atoms with van der Waals surface area (Å²) in [5, 5.41) is 0.680. The van der Waals surface area contributed by atoms with Crippen LogP contribution in [0.5, 0.6) is 5.75 Å². The van der Waals surface area contributed by atoms with Crippen molar-refractivity contribution in [3.8, 4) is 17.0 Å². The molecule has 0 atom stereocenters. The molecule has 3 rings (SSSR count). The molecule has 0 N–H and O–H groups in total. The Hall–Kier alpha value is -2.00. The van der Waals surface area contributed by atoms with E-state index in [1.54, 1.807) is 7.11 Å². The Bertz CT molecular complexity index is 706. The minimum atomic E-state index is 0.680. The van der Waals surface area contributed by atoms with Crippen LogP contribution in [-0.4, -0.2) is 16.5 Å². The van der Waals surface area contributed by atoms with Crippen molar-refractivity contribution in [3.63, 3.8) is 0 Å². The molecule has 1 aromatic carbocycles. The predicted molar refractivity (Wildman–Crippen MR) is 72.2 cm³/mol. The highest BCUT2D eigenvalue weighted by Gasteiger charge is 2.09. The number of rotatable bonds is 2. The van der Waals surface area contributed by atoms with E-state index in [9.17, 15) is 0 Å². The van der Waals surface area contributed by atoms with Crippen molar-refractivity contribution < 1.29 is 4.74 Å². The van der Waals surface area contributed by atoms with Gasteiger partial charge in [0.2, 0.25) is 0 Å². The monoisotopic (exact) mass is 258 g/mol. The second-order valence-electron chi connectivity index (χ2n) is 3.94. The largest absolute Gasteiger partial charge is 0.496 e. The van der Waals surface area contributed by atoms with Crippen LogP contribution >= 0.6 is 11.6 Å². The molecule has 0 bridgehead atoms. The van der Waals surface area contributed by atoms with Crippen LogP contribution in [0, 0.1) is 0 Å². The molecule has 0 spiro atoms. The van der Waals surface area contributed by atoms with Crippen molar-refractivity contribution in [2.24, 2.45) is 0 Å². The van der Waals surface area contributed by atoms with Crippen molar-refractivity contribution in [1.29, 1.82) is 0 Å². The summed E-state index contributed by atoms with van der Waals surface area (Å²) >= 11 is 5.95. The van der Waals surface area contributed by atoms with Gasteiger partial charge in [0.1, 0.15) is 11.4 Å². The van der Waals surface area contributed by atoms with Gasteiger partial charge >= 0.3 is 0 Å². The summed E-state index contributed by atoms with van der Waals surface area (Å²) in [6, 6.07) is 11.5. The third kappa shape index (κ3) is 1.83. The fraction of sp³-hybridized carbons (Fsp3) is 0.0714. The number of hydrogen-bond donors (Lipinski definition) is 0. The maximum Gasteiger partial charge on any atom is 0.138 e. The summed E-state index contributed by atoms with van der Waals surface area (Å²) in [4.78, 5) is 4.55. The first kappa shape index (κ1) is 11.1. The molecule has 0 unspecified atom stereocenters. The van der Waals surface area contributed by atoms with Gasteiger partial charge in [-0.1, -0.05) is 23.7 Å². The van der Waals surface area contributed by atoms with Gasteiger partial charge < -0.3 is 9.14 Å². The first-order chi connectivity index (χ1) is 8.78. The summed E-state index contributed by atoms with van der Waals surface area (Å²) in [6.07, 6.45) is 3.85. The number of ether oxygens (including phenoxy) is 1. The highest BCUT2D eigenvalue weighted by atomic mass is 35.5. The predicted octanol–water partition coefficient (Wildman–Crippen LogP) is 3.66. The van der Waals surface area contributed by atoms with E-state index in [1.165, 1.54) is 0 Å². The Kier molecular flexibility index (Phi) is 2.68. The van der Waals surface area contributed by atoms with Gasteiger partial charge in [0.25, 0.3) is 0 Å². The number of methoxy groups -OCH3 is 1. The molecule has 0 saturated carbocycles. The SMILES string of the molecule is COc1ccccc1-c1cn2ccc(Cl)cc2n1. The Balaban J connectivity index is 2.19. The van der Waals surface area contributed by atoms with Crippen LogP contribution in [0.25, 0.3) is 16.9 Å². The Labute approximate surface area is 110 Å². The summed E-state index contributed by atoms with van der Waals surface area (Å²) in [5.41, 5.74) is 2.66. The Morgan fingerprint density at radius 3 is 2.89 bits per heavy atom. The molecule has 0 radical (unpaired) electrons. The summed E-state index contributed by atoms with van der Waals surface area (Å²) in [6.45, 7) is 0. The van der Waals surface area contributed by atoms with Crippen LogP contribution in [0.4, 0.5) is 0 Å². The van der Waals surface area contributed by atoms with Crippen molar-refractivity contribution in [1.82, 2.24) is 9.38 Å². The Morgan fingerprint density at radius 2 is 2.06 bits per heavy atom. The average molecular weight is 259 g/mol. The zero-order valence-electron chi connectivity index (χ0n) is 9.80. The number of hydrogen-bond acceptors (Lipinski definition) is 2. The Morgan fingerprint density at radius 1 is 1.22 bits per heavy atom. The van der Waals surface area contributed by atoms with Gasteiger partial charge in [-0.3, -0.25) is 0 Å². The smallest absolute Gasteiger partial charge is 0.138 e. The second-order valence-corrected chi connectivity index (χ2v) is 4.37. The molecule has 0 aliphatic carbocycles. The maximum absolute atomic E-state index is 5.95. The van der Waals surface area contributed by atoms with Crippen molar-refractivity contribution >= 4 is 17.2 Å². The topological polar surface area (TPSA) is 26.5 Å². The van der Waals surface area contributed by atoms with Crippen LogP contribution in [-0.2, 0) is 0 Å². The zero-order valence-corrected chi connectivity index (χ0v) is 10.6. The summed E-state index contributed by atoms with van der Waals surface area (Å²) in [7, 11) is 1.66. The molecule has 2 aromatic heterocycles. The number of para-hydroxylation sites is 1. The fourth-order valence-electron chi connectivity index (χ4n) is 1.94. The normalized spacial score (nSPS) is 10.8. The van der Waals surface area contributed by atoms with Gasteiger partial charge in [0, 0.05) is 29.0 Å². The molecule has 0 saturated heterocycles. The third-order valence-electron chi connectivity index (χ3n) is 2.81. The van der Waals surface area contributed by atoms with Gasteiger partial charge in [-0.05, 0) is 18.2 Å². The zero-order chi connectivity index (χ0) is 12.5. The fourth-order valence-corrected chi connectivity index (χ4v) is 2.10. The van der Waals surface area contributed by atoms with E-state index in [0.717, 1.165) is 22.7 Å². The van der Waals surface area contributed by atoms with Gasteiger partial charge in [-0.25, -0.2) is 4.98 Å². The van der Waals surface area contributed by atoms with Crippen molar-refractivity contribution in [2.45, 2.75) is 0 Å². The molecule has 0 amide bonds. The molecule has 2 heterocycles. The van der Waals surface area contributed by atoms with E-state index >= 15 is 0 Å². The number of imidazole rings is 1. The molecule has 4 heteroatoms. The van der Waals surface area contributed by atoms with E-state index < -0.39 is 0 Å². The van der Waals surface area contributed by atoms with Crippen molar-refractivity contribution in [3.05, 3.63) is 53.8 Å². The summed E-state index contributed by atoms with van der Waals surface area (Å²) < 4.78 is 7.28. The first-order valence-electron chi connectivity index (χ1n) is 5.55. The molecule has 3 nitrogen and oxygen atoms in total. The van der Waals surface area contributed by atoms with Crippen LogP contribution in [0.2, 0.25) is 5.02 Å². The highest BCUT2D eigenvalue weighted by molar-refractivity contribution is 6.30. The average Bonchev–Trinajstić information content (AvgIpc) is 2.81. The van der Waals surface area contributed by atoms with Crippen LogP contribution in [0.15, 0.2) is 48.8 Å². The minimum absolute atomic E-state index is 0.680. The number of pyridine rings is 1. The second kappa shape index (κ2) is 4.35. The van der Waals surface area contributed by atoms with Gasteiger partial charge in [0.15, 0.2) is 0 Å². The summed E-state index contributed by atoms with van der Waals surface area (Å²) in [5.74, 6) is 0.812. The molecule has 18 heavy (non-hydrogen) atoms. The van der Waals surface area contributed by atoms with E-state index in [0.29, 0.717) is 5.02 Å². The van der Waals surface area contributed by atoms with Crippen LogP contribution in [0.3, 0.4) is 0 Å². The molecule has 3 aromatic rings. The van der Waals surface area contributed by atoms with Gasteiger partial charge in [-0.2, -0.15) is 0 Å². The van der Waals surface area contributed by atoms with E-state index in [1.807, 2.05) is 53.2 Å². The number of benzene rings is 1. The third-order valence-corrected chi connectivity index (χ3v) is 3.04.